The van der Waals surface area contributed by atoms with Crippen molar-refractivity contribution in [1.29, 1.82) is 0 Å². The molecule has 0 aliphatic carbocycles. The zero-order valence-corrected chi connectivity index (χ0v) is 13.0. The van der Waals surface area contributed by atoms with Crippen molar-refractivity contribution >= 4 is 12.0 Å². The average molecular weight is 308 g/mol. The van der Waals surface area contributed by atoms with Crippen LogP contribution in [0, 0.1) is 18.2 Å². The van der Waals surface area contributed by atoms with Crippen LogP contribution in [0.3, 0.4) is 0 Å². The summed E-state index contributed by atoms with van der Waals surface area (Å²) in [4.78, 5) is 25.0. The minimum atomic E-state index is -0.884. The summed E-state index contributed by atoms with van der Waals surface area (Å²) in [6.45, 7) is 5.76. The van der Waals surface area contributed by atoms with Gasteiger partial charge in [-0.3, -0.25) is 4.79 Å². The molecule has 2 rings (SSSR count). The summed E-state index contributed by atoms with van der Waals surface area (Å²) in [5, 5.41) is 12.0. The Morgan fingerprint density at radius 3 is 2.68 bits per heavy atom. The lowest BCUT2D eigenvalue weighted by molar-refractivity contribution is -0.147. The number of benzene rings is 1. The molecule has 0 bridgehead atoms. The number of carboxylic acids is 1. The molecule has 2 amide bonds. The van der Waals surface area contributed by atoms with Crippen molar-refractivity contribution in [2.75, 3.05) is 13.1 Å². The van der Waals surface area contributed by atoms with Crippen LogP contribution >= 0.6 is 0 Å². The van der Waals surface area contributed by atoms with Gasteiger partial charge in [0, 0.05) is 13.1 Å². The zero-order valence-electron chi connectivity index (χ0n) is 13.0. The monoisotopic (exact) mass is 308 g/mol. The first-order valence-corrected chi connectivity index (χ1v) is 7.28. The van der Waals surface area contributed by atoms with E-state index in [4.69, 9.17) is 0 Å². The quantitative estimate of drug-likeness (QED) is 0.902. The number of halogens is 1. The highest BCUT2D eigenvalue weighted by Crippen LogP contribution is 2.30. The topological polar surface area (TPSA) is 69.6 Å². The molecule has 1 aliphatic heterocycles. The first-order valence-electron chi connectivity index (χ1n) is 7.28. The highest BCUT2D eigenvalue weighted by molar-refractivity contribution is 5.79. The molecule has 1 heterocycles. The van der Waals surface area contributed by atoms with Gasteiger partial charge in [0.2, 0.25) is 0 Å². The van der Waals surface area contributed by atoms with Gasteiger partial charge < -0.3 is 15.3 Å². The van der Waals surface area contributed by atoms with Crippen LogP contribution in [0.4, 0.5) is 9.18 Å². The van der Waals surface area contributed by atoms with E-state index in [0.29, 0.717) is 18.5 Å². The normalized spacial score (nSPS) is 22.5. The molecular weight excluding hydrogens is 287 g/mol. The molecule has 120 valence electrons. The number of nitrogens with one attached hydrogen (secondary N) is 1. The highest BCUT2D eigenvalue weighted by Gasteiger charge is 2.42. The number of hydrogen-bond acceptors (Lipinski definition) is 2. The molecule has 2 atom stereocenters. The van der Waals surface area contributed by atoms with Crippen molar-refractivity contribution in [3.63, 3.8) is 0 Å². The number of urea groups is 1. The third-order valence-corrected chi connectivity index (χ3v) is 4.30. The molecule has 1 aromatic rings. The van der Waals surface area contributed by atoms with E-state index in [2.05, 4.69) is 5.32 Å². The van der Waals surface area contributed by atoms with Gasteiger partial charge in [0.1, 0.15) is 5.82 Å². The molecule has 22 heavy (non-hydrogen) atoms. The maximum Gasteiger partial charge on any atom is 0.317 e. The van der Waals surface area contributed by atoms with Crippen molar-refractivity contribution in [2.24, 2.45) is 5.41 Å². The number of carbonyl (C=O) groups is 2. The van der Waals surface area contributed by atoms with Crippen molar-refractivity contribution in [3.05, 3.63) is 35.1 Å². The number of aliphatic carboxylic acids is 1. The number of carboxylic acid groups (broad SMARTS) is 1. The van der Waals surface area contributed by atoms with E-state index in [0.717, 1.165) is 5.56 Å². The maximum atomic E-state index is 13.3. The smallest absolute Gasteiger partial charge is 0.317 e. The van der Waals surface area contributed by atoms with Gasteiger partial charge in [-0.1, -0.05) is 12.1 Å². The van der Waals surface area contributed by atoms with Gasteiger partial charge >= 0.3 is 12.0 Å². The fourth-order valence-electron chi connectivity index (χ4n) is 2.61. The molecular formula is C16H21FN2O3. The molecule has 1 aromatic carbocycles. The molecule has 1 aliphatic rings. The average Bonchev–Trinajstić information content (AvgIpc) is 2.86. The van der Waals surface area contributed by atoms with Crippen LogP contribution in [0.1, 0.15) is 37.4 Å². The van der Waals surface area contributed by atoms with E-state index >= 15 is 0 Å². The van der Waals surface area contributed by atoms with Crippen molar-refractivity contribution < 1.29 is 19.1 Å². The summed E-state index contributed by atoms with van der Waals surface area (Å²) < 4.78 is 13.3. The fraction of sp³-hybridized carbons (Fsp3) is 0.500. The van der Waals surface area contributed by atoms with Crippen LogP contribution in [0.15, 0.2) is 18.2 Å². The number of rotatable bonds is 3. The molecule has 0 saturated carbocycles. The minimum Gasteiger partial charge on any atom is -0.481 e. The Labute approximate surface area is 129 Å². The minimum absolute atomic E-state index is 0.198. The number of nitrogens with zero attached hydrogens (tertiary/aromatic N) is 1. The number of amides is 2. The highest BCUT2D eigenvalue weighted by atomic mass is 19.1. The molecule has 0 spiro atoms. The van der Waals surface area contributed by atoms with Gasteiger partial charge in [0.05, 0.1) is 11.5 Å². The number of hydrogen-bond donors (Lipinski definition) is 2. The lowest BCUT2D eigenvalue weighted by Crippen LogP contribution is -2.41. The van der Waals surface area contributed by atoms with E-state index in [9.17, 15) is 19.1 Å². The van der Waals surface area contributed by atoms with E-state index in [1.165, 1.54) is 11.0 Å². The molecule has 1 fully saturated rings. The summed E-state index contributed by atoms with van der Waals surface area (Å²) in [5.41, 5.74) is 0.457. The van der Waals surface area contributed by atoms with Crippen LogP contribution in [0.25, 0.3) is 0 Å². The Balaban J connectivity index is 2.00. The van der Waals surface area contributed by atoms with Crippen LogP contribution < -0.4 is 5.32 Å². The predicted molar refractivity (Wildman–Crippen MR) is 80.0 cm³/mol. The van der Waals surface area contributed by atoms with Gasteiger partial charge in [-0.05, 0) is 44.4 Å². The van der Waals surface area contributed by atoms with Crippen LogP contribution in [0.2, 0.25) is 0 Å². The molecule has 0 radical (unpaired) electrons. The summed E-state index contributed by atoms with van der Waals surface area (Å²) in [5.74, 6) is -1.16. The summed E-state index contributed by atoms with van der Waals surface area (Å²) in [6, 6.07) is 4.15. The SMILES string of the molecule is Cc1cc([C@@H](C)NC(=O)N2CCC(C)(C(=O)O)C2)ccc1F. The Hall–Kier alpha value is -2.11. The first kappa shape index (κ1) is 16.3. The van der Waals surface area contributed by atoms with Crippen molar-refractivity contribution in [2.45, 2.75) is 33.2 Å². The van der Waals surface area contributed by atoms with Gasteiger partial charge in [-0.15, -0.1) is 0 Å². The Bertz CT molecular complexity index is 605. The standard InChI is InChI=1S/C16H21FN2O3/c1-10-8-12(4-5-13(10)17)11(2)18-15(22)19-7-6-16(3,9-19)14(20)21/h4-5,8,11H,6-7,9H2,1-3H3,(H,18,22)(H,20,21)/t11-,16?/m1/s1. The lowest BCUT2D eigenvalue weighted by atomic mass is 9.90. The molecule has 1 unspecified atom stereocenters. The number of carbonyl (C=O) groups excluding carboxylic acids is 1. The maximum absolute atomic E-state index is 13.3. The fourth-order valence-corrected chi connectivity index (χ4v) is 2.61. The second-order valence-corrected chi connectivity index (χ2v) is 6.22. The van der Waals surface area contributed by atoms with Gasteiger partial charge in [-0.2, -0.15) is 0 Å². The summed E-state index contributed by atoms with van der Waals surface area (Å²) in [7, 11) is 0. The van der Waals surface area contributed by atoms with Gasteiger partial charge in [0.15, 0.2) is 0 Å². The molecule has 1 saturated heterocycles. The predicted octanol–water partition coefficient (Wildman–Crippen LogP) is 2.70. The lowest BCUT2D eigenvalue weighted by Gasteiger charge is -2.23. The Kier molecular flexibility index (Phi) is 4.39. The van der Waals surface area contributed by atoms with Gasteiger partial charge in [0.25, 0.3) is 0 Å². The van der Waals surface area contributed by atoms with Crippen molar-refractivity contribution in [3.8, 4) is 0 Å². The third kappa shape index (κ3) is 3.21. The van der Waals surface area contributed by atoms with Crippen LogP contribution in [-0.4, -0.2) is 35.1 Å². The van der Waals surface area contributed by atoms with Crippen LogP contribution in [0.5, 0.6) is 0 Å². The van der Waals surface area contributed by atoms with Crippen LogP contribution in [-0.2, 0) is 4.79 Å². The van der Waals surface area contributed by atoms with E-state index in [-0.39, 0.29) is 24.4 Å². The molecule has 2 N–H and O–H groups in total. The van der Waals surface area contributed by atoms with Gasteiger partial charge in [-0.25, -0.2) is 9.18 Å². The Morgan fingerprint density at radius 2 is 2.14 bits per heavy atom. The van der Waals surface area contributed by atoms with E-state index in [1.54, 1.807) is 26.0 Å². The van der Waals surface area contributed by atoms with Crippen molar-refractivity contribution in [1.82, 2.24) is 10.2 Å². The summed E-state index contributed by atoms with van der Waals surface area (Å²) in [6.07, 6.45) is 0.444. The number of likely N-dealkylation sites (tertiary alicyclic amines) is 1. The molecule has 5 nitrogen and oxygen atoms in total. The van der Waals surface area contributed by atoms with E-state index in [1.807, 2.05) is 6.92 Å². The summed E-state index contributed by atoms with van der Waals surface area (Å²) >= 11 is 0. The van der Waals surface area contributed by atoms with E-state index < -0.39 is 11.4 Å². The molecule has 0 aromatic heterocycles. The second-order valence-electron chi connectivity index (χ2n) is 6.22. The largest absolute Gasteiger partial charge is 0.481 e. The molecule has 6 heteroatoms. The second kappa shape index (κ2) is 5.94. The zero-order chi connectivity index (χ0) is 16.5. The third-order valence-electron chi connectivity index (χ3n) is 4.30. The Morgan fingerprint density at radius 1 is 1.45 bits per heavy atom. The number of aryl methyl sites for hydroxylation is 1. The first-order chi connectivity index (χ1) is 10.2.